The van der Waals surface area contributed by atoms with Crippen LogP contribution >= 0.6 is 0 Å². The summed E-state index contributed by atoms with van der Waals surface area (Å²) in [5.74, 6) is -0.411. The summed E-state index contributed by atoms with van der Waals surface area (Å²) in [6.45, 7) is 12.3. The van der Waals surface area contributed by atoms with Crippen LogP contribution in [-0.4, -0.2) is 24.6 Å². The molecule has 0 aromatic rings. The molecule has 0 N–H and O–H groups in total. The van der Waals surface area contributed by atoms with Crippen LogP contribution in [0.5, 0.6) is 0 Å². The lowest BCUT2D eigenvalue weighted by Crippen LogP contribution is -2.42. The smallest absolute Gasteiger partial charge is 0.323 e. The Morgan fingerprint density at radius 1 is 0.840 bits per heavy atom. The van der Waals surface area contributed by atoms with E-state index in [0.717, 1.165) is 19.3 Å². The molecule has 0 fully saturated rings. The zero-order chi connectivity index (χ0) is 19.3. The number of carbonyl (C=O) groups excluding carboxylic acids is 2. The van der Waals surface area contributed by atoms with Crippen molar-refractivity contribution in [2.24, 2.45) is 11.3 Å². The Balaban J connectivity index is 4.51. The molecule has 1 atom stereocenters. The lowest BCUT2D eigenvalue weighted by atomic mass is 9.82. The summed E-state index contributed by atoms with van der Waals surface area (Å²) >= 11 is 0. The van der Waals surface area contributed by atoms with Crippen molar-refractivity contribution < 1.29 is 19.1 Å². The Morgan fingerprint density at radius 3 is 1.92 bits per heavy atom. The predicted molar refractivity (Wildman–Crippen MR) is 102 cm³/mol. The topological polar surface area (TPSA) is 52.6 Å². The van der Waals surface area contributed by atoms with Crippen molar-refractivity contribution in [3.8, 4) is 0 Å². The number of rotatable bonds is 14. The van der Waals surface area contributed by atoms with Gasteiger partial charge < -0.3 is 9.47 Å². The second-order valence-corrected chi connectivity index (χ2v) is 7.54. The fraction of sp³-hybridized carbons (Fsp3) is 0.905. The summed E-state index contributed by atoms with van der Waals surface area (Å²) in [6.07, 6.45) is 8.24. The van der Waals surface area contributed by atoms with Crippen molar-refractivity contribution in [3.05, 3.63) is 0 Å². The maximum atomic E-state index is 12.6. The minimum atomic E-state index is -1.16. The van der Waals surface area contributed by atoms with E-state index in [2.05, 4.69) is 20.8 Å². The van der Waals surface area contributed by atoms with E-state index >= 15 is 0 Å². The molecule has 0 radical (unpaired) electrons. The first-order chi connectivity index (χ1) is 11.8. The van der Waals surface area contributed by atoms with Crippen molar-refractivity contribution in [3.63, 3.8) is 0 Å². The Kier molecular flexibility index (Phi) is 12.6. The third-order valence-corrected chi connectivity index (χ3v) is 4.83. The quantitative estimate of drug-likeness (QED) is 0.228. The maximum Gasteiger partial charge on any atom is 0.323 e. The molecule has 25 heavy (non-hydrogen) atoms. The standard InChI is InChI=1S/C21H40O4/c1-7-10-11-12-13-14-15-24-19(22)21(8-2,9-3)20(23)25-18(6)16-17(4)5/h17-18H,7-16H2,1-6H3. The maximum absolute atomic E-state index is 12.6. The first kappa shape index (κ1) is 23.9. The second kappa shape index (κ2) is 13.2. The fourth-order valence-electron chi connectivity index (χ4n) is 3.10. The third-order valence-electron chi connectivity index (χ3n) is 4.83. The number of ether oxygens (including phenoxy) is 2. The molecule has 0 saturated carbocycles. The molecular weight excluding hydrogens is 316 g/mol. The van der Waals surface area contributed by atoms with Crippen LogP contribution in [0.25, 0.3) is 0 Å². The van der Waals surface area contributed by atoms with Crippen LogP contribution in [-0.2, 0) is 19.1 Å². The molecule has 0 amide bonds. The van der Waals surface area contributed by atoms with Crippen molar-refractivity contribution >= 4 is 11.9 Å². The highest BCUT2D eigenvalue weighted by Gasteiger charge is 2.46. The molecule has 0 spiro atoms. The number of unbranched alkanes of at least 4 members (excludes halogenated alkanes) is 5. The van der Waals surface area contributed by atoms with E-state index in [1.807, 2.05) is 20.8 Å². The van der Waals surface area contributed by atoms with Gasteiger partial charge in [0.1, 0.15) is 0 Å². The lowest BCUT2D eigenvalue weighted by molar-refractivity contribution is -0.176. The monoisotopic (exact) mass is 356 g/mol. The molecule has 0 aliphatic heterocycles. The summed E-state index contributed by atoms with van der Waals surface area (Å²) in [4.78, 5) is 25.2. The van der Waals surface area contributed by atoms with Crippen LogP contribution in [0.1, 0.15) is 99.3 Å². The predicted octanol–water partition coefficient (Wildman–Crippen LogP) is 5.67. The van der Waals surface area contributed by atoms with Gasteiger partial charge in [-0.1, -0.05) is 66.7 Å². The second-order valence-electron chi connectivity index (χ2n) is 7.54. The van der Waals surface area contributed by atoms with Gasteiger partial charge in [-0.3, -0.25) is 9.59 Å². The molecule has 148 valence electrons. The molecule has 4 nitrogen and oxygen atoms in total. The molecule has 0 aromatic carbocycles. The van der Waals surface area contributed by atoms with Gasteiger partial charge in [0.05, 0.1) is 12.7 Å². The Bertz CT molecular complexity index is 372. The summed E-state index contributed by atoms with van der Waals surface area (Å²) < 4.78 is 11.0. The molecule has 4 heteroatoms. The summed E-state index contributed by atoms with van der Waals surface area (Å²) in [5.41, 5.74) is -1.16. The average molecular weight is 357 g/mol. The van der Waals surface area contributed by atoms with E-state index in [4.69, 9.17) is 9.47 Å². The number of carbonyl (C=O) groups is 2. The van der Waals surface area contributed by atoms with Gasteiger partial charge in [0.2, 0.25) is 0 Å². The summed E-state index contributed by atoms with van der Waals surface area (Å²) in [5, 5.41) is 0. The van der Waals surface area contributed by atoms with Gasteiger partial charge >= 0.3 is 11.9 Å². The highest BCUT2D eigenvalue weighted by Crippen LogP contribution is 2.31. The SMILES string of the molecule is CCCCCCCCOC(=O)C(CC)(CC)C(=O)OC(C)CC(C)C. The number of esters is 2. The molecule has 0 aromatic heterocycles. The van der Waals surface area contributed by atoms with E-state index in [0.29, 0.717) is 25.4 Å². The fourth-order valence-corrected chi connectivity index (χ4v) is 3.10. The molecule has 0 saturated heterocycles. The van der Waals surface area contributed by atoms with Crippen molar-refractivity contribution in [2.75, 3.05) is 6.61 Å². The zero-order valence-corrected chi connectivity index (χ0v) is 17.4. The van der Waals surface area contributed by atoms with Crippen LogP contribution in [0.4, 0.5) is 0 Å². The first-order valence-electron chi connectivity index (χ1n) is 10.2. The van der Waals surface area contributed by atoms with E-state index < -0.39 is 17.4 Å². The normalized spacial score (nSPS) is 12.9. The van der Waals surface area contributed by atoms with E-state index in [9.17, 15) is 9.59 Å². The van der Waals surface area contributed by atoms with Crippen LogP contribution in [0.2, 0.25) is 0 Å². The number of hydrogen-bond donors (Lipinski definition) is 0. The molecule has 0 aliphatic carbocycles. The largest absolute Gasteiger partial charge is 0.465 e. The zero-order valence-electron chi connectivity index (χ0n) is 17.4. The van der Waals surface area contributed by atoms with Crippen LogP contribution in [0, 0.1) is 11.3 Å². The van der Waals surface area contributed by atoms with Gasteiger partial charge in [-0.2, -0.15) is 0 Å². The molecule has 0 aliphatic rings. The van der Waals surface area contributed by atoms with Crippen LogP contribution < -0.4 is 0 Å². The Hall–Kier alpha value is -1.06. The Labute approximate surface area is 155 Å². The molecule has 0 bridgehead atoms. The summed E-state index contributed by atoms with van der Waals surface area (Å²) in [6, 6.07) is 0. The van der Waals surface area contributed by atoms with Gasteiger partial charge in [-0.25, -0.2) is 0 Å². The van der Waals surface area contributed by atoms with E-state index in [1.165, 1.54) is 25.7 Å². The van der Waals surface area contributed by atoms with Gasteiger partial charge in [0, 0.05) is 0 Å². The van der Waals surface area contributed by atoms with Gasteiger partial charge in [0.25, 0.3) is 0 Å². The van der Waals surface area contributed by atoms with E-state index in [1.54, 1.807) is 0 Å². The van der Waals surface area contributed by atoms with Crippen molar-refractivity contribution in [2.45, 2.75) is 105 Å². The minimum Gasteiger partial charge on any atom is -0.465 e. The average Bonchev–Trinajstić information content (AvgIpc) is 2.54. The molecule has 1 unspecified atom stereocenters. The number of hydrogen-bond acceptors (Lipinski definition) is 4. The van der Waals surface area contributed by atoms with Crippen LogP contribution in [0.15, 0.2) is 0 Å². The van der Waals surface area contributed by atoms with Gasteiger partial charge in [0.15, 0.2) is 5.41 Å². The first-order valence-corrected chi connectivity index (χ1v) is 10.2. The van der Waals surface area contributed by atoms with E-state index in [-0.39, 0.29) is 6.10 Å². The van der Waals surface area contributed by atoms with Gasteiger partial charge in [-0.05, 0) is 38.5 Å². The summed E-state index contributed by atoms with van der Waals surface area (Å²) in [7, 11) is 0. The molecular formula is C21H40O4. The van der Waals surface area contributed by atoms with Crippen molar-refractivity contribution in [1.29, 1.82) is 0 Å². The Morgan fingerprint density at radius 2 is 1.40 bits per heavy atom. The van der Waals surface area contributed by atoms with Crippen molar-refractivity contribution in [1.82, 2.24) is 0 Å². The highest BCUT2D eigenvalue weighted by atomic mass is 16.6. The lowest BCUT2D eigenvalue weighted by Gasteiger charge is -2.29. The van der Waals surface area contributed by atoms with Crippen LogP contribution in [0.3, 0.4) is 0 Å². The molecule has 0 heterocycles. The minimum absolute atomic E-state index is 0.184. The third kappa shape index (κ3) is 8.73. The molecule has 0 rings (SSSR count). The highest BCUT2D eigenvalue weighted by molar-refractivity contribution is 6.00. The van der Waals surface area contributed by atoms with Gasteiger partial charge in [-0.15, -0.1) is 0 Å².